The summed E-state index contributed by atoms with van der Waals surface area (Å²) in [5.41, 5.74) is 10.2. The maximum absolute atomic E-state index is 9.06. The van der Waals surface area contributed by atoms with Crippen molar-refractivity contribution in [3.05, 3.63) is 47.8 Å². The normalized spacial score (nSPS) is 8.84. The molecule has 0 fully saturated rings. The maximum atomic E-state index is 9.06. The molecule has 4 N–H and O–H groups in total. The van der Waals surface area contributed by atoms with Gasteiger partial charge in [0.2, 0.25) is 12.3 Å². The van der Waals surface area contributed by atoms with Gasteiger partial charge in [0.25, 0.3) is 0 Å². The van der Waals surface area contributed by atoms with Crippen LogP contribution in [0, 0.1) is 5.41 Å². The first-order valence-electron chi connectivity index (χ1n) is 8.16. The number of methoxy groups -OCH3 is 1. The van der Waals surface area contributed by atoms with E-state index in [4.69, 9.17) is 20.7 Å². The van der Waals surface area contributed by atoms with E-state index in [9.17, 15) is 0 Å². The molecule has 0 unspecified atom stereocenters. The first-order chi connectivity index (χ1) is 12.1. The first kappa shape index (κ1) is 22.1. The third-order valence-electron chi connectivity index (χ3n) is 3.11. The van der Waals surface area contributed by atoms with Crippen LogP contribution in [0.1, 0.15) is 32.0 Å². The van der Waals surface area contributed by atoms with E-state index in [0.717, 1.165) is 28.9 Å². The van der Waals surface area contributed by atoms with Gasteiger partial charge in [-0.25, -0.2) is 0 Å². The third kappa shape index (κ3) is 7.03. The molecule has 1 aromatic carbocycles. The molecule has 1 aromatic heterocycles. The standard InChI is InChI=1S/C15H17N3O.C2H5NO.C2H6/c1-3-14-13(10-4-6-12(16)7-5-10)8-11(9-18-14)15(17)19-2;1-3-2-4;1-2/h4-9,17H,3,16H2,1-2H3;2H,1H3,(H,3,4);1-2H3. The summed E-state index contributed by atoms with van der Waals surface area (Å²) in [7, 11) is 3.05. The van der Waals surface area contributed by atoms with Crippen LogP contribution < -0.4 is 11.1 Å². The van der Waals surface area contributed by atoms with Crippen molar-refractivity contribution < 1.29 is 9.53 Å². The second-order valence-electron chi connectivity index (χ2n) is 4.63. The molecular weight excluding hydrogens is 316 g/mol. The third-order valence-corrected chi connectivity index (χ3v) is 3.11. The van der Waals surface area contributed by atoms with Gasteiger partial charge in [-0.05, 0) is 30.2 Å². The summed E-state index contributed by atoms with van der Waals surface area (Å²) in [4.78, 5) is 13.5. The Kier molecular flexibility index (Phi) is 11.1. The second kappa shape index (κ2) is 12.5. The SMILES string of the molecule is CC.CCc1ncc(C(=N)OC)cc1-c1ccc(N)cc1.CNC=O. The van der Waals surface area contributed by atoms with E-state index < -0.39 is 0 Å². The highest BCUT2D eigenvalue weighted by atomic mass is 16.5. The van der Waals surface area contributed by atoms with Crippen molar-refractivity contribution in [1.29, 1.82) is 5.41 Å². The van der Waals surface area contributed by atoms with Gasteiger partial charge in [-0.3, -0.25) is 15.2 Å². The minimum atomic E-state index is 0.117. The number of pyridine rings is 1. The minimum absolute atomic E-state index is 0.117. The number of nitrogens with one attached hydrogen (secondary N) is 2. The number of carbonyl (C=O) groups excluding carboxylic acids is 1. The predicted octanol–water partition coefficient (Wildman–Crippen LogP) is 3.25. The van der Waals surface area contributed by atoms with E-state index in [1.165, 1.54) is 7.11 Å². The molecule has 2 rings (SSSR count). The molecule has 0 aliphatic carbocycles. The molecule has 2 aromatic rings. The molecule has 0 atom stereocenters. The van der Waals surface area contributed by atoms with Gasteiger partial charge in [0.05, 0.1) is 12.7 Å². The van der Waals surface area contributed by atoms with Gasteiger partial charge in [0.1, 0.15) is 0 Å². The Hall–Kier alpha value is -2.89. The number of ether oxygens (including phenoxy) is 1. The number of nitrogens with two attached hydrogens (primary N) is 1. The van der Waals surface area contributed by atoms with E-state index in [-0.39, 0.29) is 5.90 Å². The molecule has 0 aliphatic rings. The summed E-state index contributed by atoms with van der Waals surface area (Å²) >= 11 is 0. The molecule has 6 heteroatoms. The highest BCUT2D eigenvalue weighted by Gasteiger charge is 2.09. The van der Waals surface area contributed by atoms with Crippen LogP contribution in [0.2, 0.25) is 0 Å². The summed E-state index contributed by atoms with van der Waals surface area (Å²) in [5.74, 6) is 0.117. The summed E-state index contributed by atoms with van der Waals surface area (Å²) in [5, 5.41) is 9.97. The lowest BCUT2D eigenvalue weighted by Crippen LogP contribution is -2.04. The summed E-state index contributed by atoms with van der Waals surface area (Å²) < 4.78 is 4.94. The summed E-state index contributed by atoms with van der Waals surface area (Å²) in [6.45, 7) is 6.06. The zero-order valence-electron chi connectivity index (χ0n) is 15.6. The van der Waals surface area contributed by atoms with Gasteiger partial charge < -0.3 is 15.8 Å². The van der Waals surface area contributed by atoms with Gasteiger partial charge in [-0.15, -0.1) is 0 Å². The fraction of sp³-hybridized carbons (Fsp3) is 0.316. The fourth-order valence-electron chi connectivity index (χ4n) is 1.93. The predicted molar refractivity (Wildman–Crippen MR) is 104 cm³/mol. The summed E-state index contributed by atoms with van der Waals surface area (Å²) in [6, 6.07) is 9.59. The zero-order chi connectivity index (χ0) is 19.2. The Bertz CT molecular complexity index is 655. The quantitative estimate of drug-likeness (QED) is 0.343. The highest BCUT2D eigenvalue weighted by molar-refractivity contribution is 5.92. The molecule has 0 radical (unpaired) electrons. The molecule has 0 saturated carbocycles. The lowest BCUT2D eigenvalue weighted by molar-refractivity contribution is -0.109. The minimum Gasteiger partial charge on any atom is -0.481 e. The van der Waals surface area contributed by atoms with Gasteiger partial charge in [-0.2, -0.15) is 0 Å². The van der Waals surface area contributed by atoms with Crippen molar-refractivity contribution in [1.82, 2.24) is 10.3 Å². The number of hydrogen-bond acceptors (Lipinski definition) is 5. The molecule has 6 nitrogen and oxygen atoms in total. The number of hydrogen-bond donors (Lipinski definition) is 3. The van der Waals surface area contributed by atoms with Crippen molar-refractivity contribution in [3.63, 3.8) is 0 Å². The van der Waals surface area contributed by atoms with Crippen LogP contribution in [0.5, 0.6) is 0 Å². The van der Waals surface area contributed by atoms with Crippen LogP contribution in [0.3, 0.4) is 0 Å². The molecule has 1 amide bonds. The summed E-state index contributed by atoms with van der Waals surface area (Å²) in [6.07, 6.45) is 3.13. The van der Waals surface area contributed by atoms with E-state index in [1.807, 2.05) is 44.2 Å². The van der Waals surface area contributed by atoms with Gasteiger partial charge in [0.15, 0.2) is 0 Å². The Morgan fingerprint density at radius 3 is 2.32 bits per heavy atom. The van der Waals surface area contributed by atoms with Crippen LogP contribution in [-0.2, 0) is 16.0 Å². The molecule has 0 bridgehead atoms. The van der Waals surface area contributed by atoms with Gasteiger partial charge in [-0.1, -0.05) is 32.9 Å². The fourth-order valence-corrected chi connectivity index (χ4v) is 1.93. The van der Waals surface area contributed by atoms with Crippen molar-refractivity contribution >= 4 is 18.0 Å². The molecule has 0 aliphatic heterocycles. The van der Waals surface area contributed by atoms with E-state index in [2.05, 4.69) is 17.2 Å². The van der Waals surface area contributed by atoms with Gasteiger partial charge >= 0.3 is 0 Å². The lowest BCUT2D eigenvalue weighted by atomic mass is 10.0. The number of amides is 1. The molecule has 0 saturated heterocycles. The molecule has 136 valence electrons. The maximum Gasteiger partial charge on any atom is 0.214 e. The van der Waals surface area contributed by atoms with Crippen LogP contribution >= 0.6 is 0 Å². The van der Waals surface area contributed by atoms with Crippen LogP contribution in [0.15, 0.2) is 36.5 Å². The molecule has 0 spiro atoms. The Balaban J connectivity index is 0.000000845. The number of aromatic nitrogens is 1. The van der Waals surface area contributed by atoms with Crippen molar-refractivity contribution in [2.75, 3.05) is 19.9 Å². The zero-order valence-corrected chi connectivity index (χ0v) is 15.6. The number of rotatable bonds is 4. The average molecular weight is 344 g/mol. The molecule has 1 heterocycles. The van der Waals surface area contributed by atoms with E-state index in [0.29, 0.717) is 12.0 Å². The first-order valence-corrected chi connectivity index (χ1v) is 8.16. The topological polar surface area (TPSA) is 101 Å². The Labute approximate surface area is 149 Å². The van der Waals surface area contributed by atoms with Crippen molar-refractivity contribution in [2.45, 2.75) is 27.2 Å². The van der Waals surface area contributed by atoms with Crippen LogP contribution in [0.4, 0.5) is 5.69 Å². The number of carbonyl (C=O) groups is 1. The van der Waals surface area contributed by atoms with Crippen LogP contribution in [-0.4, -0.2) is 31.4 Å². The van der Waals surface area contributed by atoms with E-state index in [1.54, 1.807) is 13.2 Å². The lowest BCUT2D eigenvalue weighted by Gasteiger charge is -2.10. The number of nitrogen functional groups attached to an aromatic ring is 1. The number of benzene rings is 1. The number of anilines is 1. The number of aryl methyl sites for hydroxylation is 1. The molecular formula is C19H28N4O2. The second-order valence-corrected chi connectivity index (χ2v) is 4.63. The Morgan fingerprint density at radius 2 is 1.88 bits per heavy atom. The smallest absolute Gasteiger partial charge is 0.214 e. The van der Waals surface area contributed by atoms with Crippen molar-refractivity contribution in [3.8, 4) is 11.1 Å². The van der Waals surface area contributed by atoms with E-state index >= 15 is 0 Å². The monoisotopic (exact) mass is 344 g/mol. The number of nitrogens with zero attached hydrogens (tertiary/aromatic N) is 1. The largest absolute Gasteiger partial charge is 0.481 e. The highest BCUT2D eigenvalue weighted by Crippen LogP contribution is 2.25. The van der Waals surface area contributed by atoms with Crippen LogP contribution in [0.25, 0.3) is 11.1 Å². The van der Waals surface area contributed by atoms with Gasteiger partial charge in [0, 0.05) is 30.2 Å². The Morgan fingerprint density at radius 1 is 1.32 bits per heavy atom. The molecule has 25 heavy (non-hydrogen) atoms. The average Bonchev–Trinajstić information content (AvgIpc) is 2.69. The van der Waals surface area contributed by atoms with Crippen molar-refractivity contribution in [2.24, 2.45) is 0 Å².